The molecular formula is C4H16CuN14. The third kappa shape index (κ3) is 15.7. The van der Waals surface area contributed by atoms with E-state index in [1.54, 1.807) is 0 Å². The minimum atomic E-state index is -3.31. The molecule has 0 aliphatic carbocycles. The zero-order valence-electron chi connectivity index (χ0n) is 10.8. The average Bonchev–Trinajstić information content (AvgIpc) is 2.32. The Labute approximate surface area is 111 Å². The molecule has 0 bridgehead atoms. The number of nitrogens with two attached hydrogens (primary N) is 2. The van der Waals surface area contributed by atoms with Crippen LogP contribution in [0.1, 0.15) is 0 Å². The van der Waals surface area contributed by atoms with Gasteiger partial charge in [-0.3, -0.25) is 0 Å². The zero-order valence-corrected chi connectivity index (χ0v) is 11.8. The van der Waals surface area contributed by atoms with Gasteiger partial charge < -0.3 is 10.6 Å². The summed E-state index contributed by atoms with van der Waals surface area (Å²) in [6.45, 7) is 0. The molecule has 0 radical (unpaired) electrons. The molecule has 0 aliphatic rings. The van der Waals surface area contributed by atoms with E-state index >= 15 is 0 Å². The Kier molecular flexibility index (Phi) is 20.8. The van der Waals surface area contributed by atoms with Crippen LogP contribution in [0.4, 0.5) is 0 Å². The quantitative estimate of drug-likeness (QED) is 0.314. The number of quaternary nitrogens is 2. The Morgan fingerprint density at radius 3 is 0.895 bits per heavy atom. The van der Waals surface area contributed by atoms with Crippen molar-refractivity contribution in [2.24, 2.45) is 16.5 Å². The Morgan fingerprint density at radius 1 is 0.632 bits per heavy atom. The molecule has 0 saturated carbocycles. The van der Waals surface area contributed by atoms with Gasteiger partial charge in [0.25, 0.3) is 0 Å². The number of hydrogen-bond acceptors (Lipinski definition) is 4. The minimum absolute atomic E-state index is 2.00. The number of nitrogens with zero attached hydrogens (tertiary/aromatic N) is 12. The van der Waals surface area contributed by atoms with E-state index in [9.17, 15) is 0 Å². The number of hydrogen-bond donors (Lipinski definition) is 2. The fourth-order valence-electron chi connectivity index (χ4n) is 0.217. The predicted octanol–water partition coefficient (Wildman–Crippen LogP) is 0.660. The molecule has 0 heterocycles. The topological polar surface area (TPSA) is 228 Å². The molecule has 15 heteroatoms. The summed E-state index contributed by atoms with van der Waals surface area (Å²) in [6, 6.07) is 0. The molecule has 0 spiro atoms. The molecule has 0 aromatic rings. The van der Waals surface area contributed by atoms with E-state index in [0.717, 1.165) is 0 Å². The molecule has 0 rings (SSSR count). The Bertz CT molecular complexity index is 324. The van der Waals surface area contributed by atoms with Crippen molar-refractivity contribution in [3.63, 3.8) is 0 Å². The Balaban J connectivity index is -0.000000360. The van der Waals surface area contributed by atoms with Gasteiger partial charge in [-0.05, 0) is 0 Å². The number of rotatable bonds is 4. The Morgan fingerprint density at radius 2 is 0.789 bits per heavy atom. The van der Waals surface area contributed by atoms with Gasteiger partial charge in [-0.15, -0.1) is 0 Å². The molecule has 0 unspecified atom stereocenters. The van der Waals surface area contributed by atoms with Gasteiger partial charge in [0, 0.05) is 0 Å². The molecule has 0 aromatic heterocycles. The fourth-order valence-corrected chi connectivity index (χ4v) is 0.895. The SMILES string of the molecule is C[NH2+]C.C[NH2+]C.[N-]=[N+]=[N][Cu-2]([N]=[N+]=[N-])([N]=[N+]=[N-])[N]=[N+]=[N-]. The Hall–Kier alpha value is -2.32. The van der Waals surface area contributed by atoms with E-state index < -0.39 is 13.7 Å². The van der Waals surface area contributed by atoms with Crippen molar-refractivity contribution in [3.05, 3.63) is 41.8 Å². The van der Waals surface area contributed by atoms with Crippen LogP contribution in [0.15, 0.2) is 16.5 Å². The first-order chi connectivity index (χ1) is 9.07. The second-order valence-electron chi connectivity index (χ2n) is 2.12. The van der Waals surface area contributed by atoms with Gasteiger partial charge in [-0.25, -0.2) is 0 Å². The van der Waals surface area contributed by atoms with Gasteiger partial charge in [-0.2, -0.15) is 0 Å². The van der Waals surface area contributed by atoms with Crippen LogP contribution in [0, 0.1) is 0 Å². The molecule has 0 fully saturated rings. The summed E-state index contributed by atoms with van der Waals surface area (Å²) in [6.07, 6.45) is 0. The summed E-state index contributed by atoms with van der Waals surface area (Å²) >= 11 is -3.31. The van der Waals surface area contributed by atoms with Gasteiger partial charge >= 0.3 is 72.0 Å². The van der Waals surface area contributed by atoms with Crippen LogP contribution in [-0.2, 0) is 13.7 Å². The van der Waals surface area contributed by atoms with Crippen LogP contribution in [0.3, 0.4) is 0 Å². The van der Waals surface area contributed by atoms with E-state index in [1.807, 2.05) is 38.8 Å². The zero-order chi connectivity index (χ0) is 15.6. The van der Waals surface area contributed by atoms with Crippen molar-refractivity contribution in [1.29, 1.82) is 0 Å². The maximum absolute atomic E-state index is 8.01. The normalized spacial score (nSPS) is 11.6. The van der Waals surface area contributed by atoms with E-state index in [1.165, 1.54) is 0 Å². The first kappa shape index (κ1) is 21.9. The summed E-state index contributed by atoms with van der Waals surface area (Å²) in [5, 5.41) is 4.00. The van der Waals surface area contributed by atoms with E-state index in [-0.39, 0.29) is 0 Å². The van der Waals surface area contributed by atoms with E-state index in [2.05, 4.69) is 36.2 Å². The molecule has 14 nitrogen and oxygen atoms in total. The van der Waals surface area contributed by atoms with Crippen LogP contribution in [0.25, 0.3) is 41.8 Å². The molecule has 0 saturated heterocycles. The predicted molar refractivity (Wildman–Crippen MR) is 64.1 cm³/mol. The van der Waals surface area contributed by atoms with Gasteiger partial charge in [0.15, 0.2) is 0 Å². The summed E-state index contributed by atoms with van der Waals surface area (Å²) in [5.74, 6) is 0. The van der Waals surface area contributed by atoms with Crippen molar-refractivity contribution in [2.45, 2.75) is 0 Å². The summed E-state index contributed by atoms with van der Waals surface area (Å²) in [4.78, 5) is 8.92. The molecule has 19 heavy (non-hydrogen) atoms. The molecule has 0 atom stereocenters. The first-order valence-corrected chi connectivity index (χ1v) is 6.13. The standard InChI is InChI=1S/2C2H7N.Cu.4N3/c2*1-3-2;;4*1-3-2/h2*3H,1-2H3;;;;;/q;;+2;4*-1/p+2. The van der Waals surface area contributed by atoms with E-state index in [4.69, 9.17) is 22.1 Å². The number of azide groups is 1. The van der Waals surface area contributed by atoms with Crippen molar-refractivity contribution >= 4 is 0 Å². The van der Waals surface area contributed by atoms with Gasteiger partial charge in [0.1, 0.15) is 0 Å². The monoisotopic (exact) mass is 323 g/mol. The molecule has 0 amide bonds. The third-order valence-corrected chi connectivity index (χ3v) is 1.78. The van der Waals surface area contributed by atoms with Crippen LogP contribution in [0.2, 0.25) is 0 Å². The van der Waals surface area contributed by atoms with Crippen LogP contribution in [-0.4, -0.2) is 28.2 Å². The van der Waals surface area contributed by atoms with Crippen molar-refractivity contribution in [1.82, 2.24) is 0 Å². The van der Waals surface area contributed by atoms with Crippen LogP contribution in [0.5, 0.6) is 0 Å². The molecular weight excluding hydrogens is 308 g/mol. The average molecular weight is 324 g/mol. The maximum atomic E-state index is 8.01. The van der Waals surface area contributed by atoms with Gasteiger partial charge in [0.2, 0.25) is 0 Å². The third-order valence-electron chi connectivity index (χ3n) is 0.431. The fraction of sp³-hybridized carbons (Fsp3) is 1.00. The second-order valence-corrected chi connectivity index (χ2v) is 4.00. The van der Waals surface area contributed by atoms with Crippen molar-refractivity contribution in [2.75, 3.05) is 28.2 Å². The molecule has 4 N–H and O–H groups in total. The van der Waals surface area contributed by atoms with Crippen LogP contribution >= 0.6 is 0 Å². The van der Waals surface area contributed by atoms with Crippen molar-refractivity contribution in [3.8, 4) is 0 Å². The molecule has 0 aliphatic heterocycles. The summed E-state index contributed by atoms with van der Waals surface area (Å²) < 4.78 is 11.3. The molecule has 113 valence electrons. The van der Waals surface area contributed by atoms with Gasteiger partial charge in [-0.1, -0.05) is 0 Å². The first-order valence-electron chi connectivity index (χ1n) is 4.45. The van der Waals surface area contributed by atoms with Crippen LogP contribution < -0.4 is 10.6 Å². The van der Waals surface area contributed by atoms with Crippen molar-refractivity contribution < 1.29 is 24.4 Å². The van der Waals surface area contributed by atoms with E-state index in [0.29, 0.717) is 0 Å². The van der Waals surface area contributed by atoms with Gasteiger partial charge in [0.05, 0.1) is 28.2 Å². The summed E-state index contributed by atoms with van der Waals surface area (Å²) in [7, 11) is 8.00. The summed E-state index contributed by atoms with van der Waals surface area (Å²) in [5.41, 5.74) is 32.0. The second kappa shape index (κ2) is 18.1. The molecule has 0 aromatic carbocycles.